The molecule has 0 saturated heterocycles. The highest BCUT2D eigenvalue weighted by Gasteiger charge is 2.23. The molecule has 0 aliphatic rings. The van der Waals surface area contributed by atoms with Gasteiger partial charge in [-0.3, -0.25) is 4.79 Å². The average Bonchev–Trinajstić information content (AvgIpc) is 3.24. The lowest BCUT2D eigenvalue weighted by Gasteiger charge is -2.10. The van der Waals surface area contributed by atoms with E-state index >= 15 is 0 Å². The minimum atomic E-state index is -0.861. The quantitative estimate of drug-likeness (QED) is 0.507. The molecule has 29 heavy (non-hydrogen) atoms. The molecule has 3 aromatic heterocycles. The van der Waals surface area contributed by atoms with Crippen molar-refractivity contribution in [1.29, 1.82) is 0 Å². The smallest absolute Gasteiger partial charge is 0.423 e. The van der Waals surface area contributed by atoms with Gasteiger partial charge in [0.1, 0.15) is 6.04 Å². The summed E-state index contributed by atoms with van der Waals surface area (Å²) in [6, 6.07) is 8.41. The van der Waals surface area contributed by atoms with E-state index in [9.17, 15) is 9.59 Å². The summed E-state index contributed by atoms with van der Waals surface area (Å²) in [5.74, 6) is -0.124. The molecule has 0 aliphatic carbocycles. The van der Waals surface area contributed by atoms with Gasteiger partial charge in [-0.05, 0) is 31.0 Å². The number of nitrogens with zero attached hydrogens (tertiary/aromatic N) is 4. The Hall–Kier alpha value is -3.75. The zero-order valence-corrected chi connectivity index (χ0v) is 16.1. The first-order valence-electron chi connectivity index (χ1n) is 9.04. The van der Waals surface area contributed by atoms with E-state index in [1.165, 1.54) is 19.4 Å². The number of benzene rings is 1. The van der Waals surface area contributed by atoms with Crippen LogP contribution in [0.5, 0.6) is 5.75 Å². The van der Waals surface area contributed by atoms with Crippen molar-refractivity contribution in [2.75, 3.05) is 7.11 Å². The van der Waals surface area contributed by atoms with Crippen molar-refractivity contribution < 1.29 is 13.7 Å². The summed E-state index contributed by atoms with van der Waals surface area (Å²) in [4.78, 5) is 33.8. The van der Waals surface area contributed by atoms with Gasteiger partial charge in [0.25, 0.3) is 11.4 Å². The molecule has 9 heteroatoms. The second-order valence-electron chi connectivity index (χ2n) is 6.42. The van der Waals surface area contributed by atoms with Crippen molar-refractivity contribution in [2.45, 2.75) is 26.3 Å². The first-order valence-corrected chi connectivity index (χ1v) is 9.04. The highest BCUT2D eigenvalue weighted by molar-refractivity contribution is 5.77. The number of rotatable bonds is 5. The van der Waals surface area contributed by atoms with E-state index < -0.39 is 17.4 Å². The molecule has 0 radical (unpaired) electrons. The Balaban J connectivity index is 1.78. The number of pyridine rings is 1. The molecule has 4 rings (SSSR count). The van der Waals surface area contributed by atoms with Gasteiger partial charge in [-0.15, -0.1) is 0 Å². The van der Waals surface area contributed by atoms with Crippen molar-refractivity contribution in [3.63, 3.8) is 0 Å². The molecule has 0 saturated carbocycles. The van der Waals surface area contributed by atoms with E-state index in [-0.39, 0.29) is 22.7 Å². The van der Waals surface area contributed by atoms with Crippen LogP contribution in [0.15, 0.2) is 55.1 Å². The van der Waals surface area contributed by atoms with E-state index in [1.807, 2.05) is 24.3 Å². The fourth-order valence-electron chi connectivity index (χ4n) is 3.07. The summed E-state index contributed by atoms with van der Waals surface area (Å²) in [7, 11) is 1.41. The molecule has 1 aromatic carbocycles. The highest BCUT2D eigenvalue weighted by atomic mass is 16.5. The number of aryl methyl sites for hydroxylation is 1. The van der Waals surface area contributed by atoms with E-state index in [1.54, 1.807) is 6.92 Å². The third-order valence-electron chi connectivity index (χ3n) is 4.68. The molecule has 148 valence electrons. The Morgan fingerprint density at radius 1 is 1.24 bits per heavy atom. The van der Waals surface area contributed by atoms with E-state index in [0.29, 0.717) is 5.89 Å². The molecule has 0 bridgehead atoms. The molecule has 3 heterocycles. The molecular weight excluding hydrogens is 376 g/mol. The van der Waals surface area contributed by atoms with Crippen LogP contribution in [-0.4, -0.2) is 26.8 Å². The molecule has 0 N–H and O–H groups in total. The largest absolute Gasteiger partial charge is 0.493 e. The maximum absolute atomic E-state index is 12.9. The molecule has 0 aliphatic heterocycles. The summed E-state index contributed by atoms with van der Waals surface area (Å²) in [5, 5.41) is 3.95. The third-order valence-corrected chi connectivity index (χ3v) is 4.68. The van der Waals surface area contributed by atoms with Gasteiger partial charge in [-0.1, -0.05) is 24.2 Å². The van der Waals surface area contributed by atoms with Crippen LogP contribution in [0.25, 0.3) is 22.6 Å². The predicted octanol–water partition coefficient (Wildman–Crippen LogP) is 2.58. The standard InChI is InChI=1S/C20H18N4O5/c1-4-12-6-5-7-13(10-12)18-22-17(23-29-18)11(2)24-19(25)15-16(28-20(24)26)14(27-3)8-9-21-15/h5-11H,4H2,1-3H3/t11-/m0/s1. The molecule has 0 spiro atoms. The number of hydrogen-bond acceptors (Lipinski definition) is 8. The first-order chi connectivity index (χ1) is 14.0. The fourth-order valence-corrected chi connectivity index (χ4v) is 3.07. The Morgan fingerprint density at radius 2 is 2.07 bits per heavy atom. The Morgan fingerprint density at radius 3 is 2.83 bits per heavy atom. The van der Waals surface area contributed by atoms with Crippen LogP contribution in [0.4, 0.5) is 0 Å². The summed E-state index contributed by atoms with van der Waals surface area (Å²) in [5.41, 5.74) is 1.25. The zero-order valence-electron chi connectivity index (χ0n) is 16.1. The van der Waals surface area contributed by atoms with Gasteiger partial charge in [-0.2, -0.15) is 4.98 Å². The maximum atomic E-state index is 12.9. The van der Waals surface area contributed by atoms with Crippen LogP contribution in [0.1, 0.15) is 31.3 Å². The topological polar surface area (TPSA) is 113 Å². The van der Waals surface area contributed by atoms with Gasteiger partial charge in [-0.25, -0.2) is 14.3 Å². The van der Waals surface area contributed by atoms with Gasteiger partial charge < -0.3 is 13.7 Å². The first kappa shape index (κ1) is 18.6. The van der Waals surface area contributed by atoms with Gasteiger partial charge >= 0.3 is 5.76 Å². The summed E-state index contributed by atoms with van der Waals surface area (Å²) < 4.78 is 16.7. The van der Waals surface area contributed by atoms with Gasteiger partial charge in [0.2, 0.25) is 5.58 Å². The lowest BCUT2D eigenvalue weighted by atomic mass is 10.1. The second kappa shape index (κ2) is 7.34. The van der Waals surface area contributed by atoms with Crippen molar-refractivity contribution in [2.24, 2.45) is 0 Å². The molecule has 9 nitrogen and oxygen atoms in total. The van der Waals surface area contributed by atoms with Gasteiger partial charge in [0.15, 0.2) is 17.1 Å². The van der Waals surface area contributed by atoms with Gasteiger partial charge in [0, 0.05) is 17.8 Å². The highest BCUT2D eigenvalue weighted by Crippen LogP contribution is 2.23. The molecule has 4 aromatic rings. The molecular formula is C20H18N4O5. The van der Waals surface area contributed by atoms with Crippen molar-refractivity contribution in [3.05, 3.63) is 68.8 Å². The molecule has 1 atom stereocenters. The van der Waals surface area contributed by atoms with E-state index in [0.717, 1.165) is 22.1 Å². The van der Waals surface area contributed by atoms with E-state index in [2.05, 4.69) is 22.0 Å². The molecule has 0 unspecified atom stereocenters. The zero-order chi connectivity index (χ0) is 20.5. The van der Waals surface area contributed by atoms with Crippen LogP contribution < -0.4 is 16.1 Å². The Bertz CT molecular complexity index is 1300. The maximum Gasteiger partial charge on any atom is 0.423 e. The normalized spacial score (nSPS) is 12.2. The number of fused-ring (bicyclic) bond motifs is 1. The van der Waals surface area contributed by atoms with Crippen molar-refractivity contribution in [1.82, 2.24) is 19.7 Å². The lowest BCUT2D eigenvalue weighted by Crippen LogP contribution is -2.36. The number of methoxy groups -OCH3 is 1. The molecule has 0 amide bonds. The molecule has 0 fully saturated rings. The van der Waals surface area contributed by atoms with Crippen LogP contribution in [-0.2, 0) is 6.42 Å². The monoisotopic (exact) mass is 394 g/mol. The number of aromatic nitrogens is 4. The Kier molecular flexibility index (Phi) is 4.71. The fraction of sp³-hybridized carbons (Fsp3) is 0.250. The minimum absolute atomic E-state index is 0.00127. The predicted molar refractivity (Wildman–Crippen MR) is 104 cm³/mol. The minimum Gasteiger partial charge on any atom is -0.493 e. The van der Waals surface area contributed by atoms with Crippen LogP contribution in [0.3, 0.4) is 0 Å². The van der Waals surface area contributed by atoms with Crippen molar-refractivity contribution >= 4 is 11.1 Å². The third kappa shape index (κ3) is 3.20. The van der Waals surface area contributed by atoms with Crippen LogP contribution in [0.2, 0.25) is 0 Å². The second-order valence-corrected chi connectivity index (χ2v) is 6.42. The summed E-state index contributed by atoms with van der Waals surface area (Å²) in [6.45, 7) is 3.66. The number of ether oxygens (including phenoxy) is 1. The van der Waals surface area contributed by atoms with Crippen LogP contribution in [0, 0.1) is 0 Å². The van der Waals surface area contributed by atoms with Gasteiger partial charge in [0.05, 0.1) is 7.11 Å². The average molecular weight is 394 g/mol. The Labute approximate surface area is 164 Å². The van der Waals surface area contributed by atoms with Crippen LogP contribution >= 0.6 is 0 Å². The lowest BCUT2D eigenvalue weighted by molar-refractivity contribution is 0.379. The summed E-state index contributed by atoms with van der Waals surface area (Å²) in [6.07, 6.45) is 2.28. The summed E-state index contributed by atoms with van der Waals surface area (Å²) >= 11 is 0. The van der Waals surface area contributed by atoms with E-state index in [4.69, 9.17) is 13.7 Å². The van der Waals surface area contributed by atoms with Crippen molar-refractivity contribution in [3.8, 4) is 17.2 Å². The number of hydrogen-bond donors (Lipinski definition) is 0. The SMILES string of the molecule is CCc1cccc(-c2nc([C@H](C)n3c(=O)oc4c(OC)ccnc4c3=O)no2)c1.